The molecule has 0 spiro atoms. The molecule has 0 fully saturated rings. The SMILES string of the molecule is COC(=O)[C@@H](NC(=O)c1cc(Br)ccc1I)C(C)C. The van der Waals surface area contributed by atoms with Crippen LogP contribution in [0.2, 0.25) is 0 Å². The van der Waals surface area contributed by atoms with Crippen LogP contribution in [-0.4, -0.2) is 25.0 Å². The topological polar surface area (TPSA) is 55.4 Å². The largest absolute Gasteiger partial charge is 0.467 e. The Hall–Kier alpha value is -0.630. The molecule has 0 saturated carbocycles. The van der Waals surface area contributed by atoms with E-state index < -0.39 is 12.0 Å². The molecule has 0 saturated heterocycles. The highest BCUT2D eigenvalue weighted by molar-refractivity contribution is 14.1. The van der Waals surface area contributed by atoms with Crippen molar-refractivity contribution in [1.82, 2.24) is 5.32 Å². The van der Waals surface area contributed by atoms with E-state index in [2.05, 4.69) is 43.8 Å². The van der Waals surface area contributed by atoms with E-state index in [9.17, 15) is 9.59 Å². The second kappa shape index (κ2) is 7.23. The number of methoxy groups -OCH3 is 1. The molecule has 0 unspecified atom stereocenters. The van der Waals surface area contributed by atoms with Crippen LogP contribution in [0, 0.1) is 9.49 Å². The van der Waals surface area contributed by atoms with E-state index in [0.717, 1.165) is 8.04 Å². The molecule has 104 valence electrons. The maximum atomic E-state index is 12.2. The van der Waals surface area contributed by atoms with Crippen LogP contribution < -0.4 is 5.32 Å². The van der Waals surface area contributed by atoms with Gasteiger partial charge in [-0.1, -0.05) is 29.8 Å². The number of hydrogen-bond acceptors (Lipinski definition) is 3. The van der Waals surface area contributed by atoms with Gasteiger partial charge in [0.2, 0.25) is 0 Å². The van der Waals surface area contributed by atoms with Crippen molar-refractivity contribution in [3.05, 3.63) is 31.8 Å². The third kappa shape index (κ3) is 4.45. The Bertz CT molecular complexity index is 491. The first kappa shape index (κ1) is 16.4. The van der Waals surface area contributed by atoms with Crippen LogP contribution in [0.15, 0.2) is 22.7 Å². The summed E-state index contributed by atoms with van der Waals surface area (Å²) >= 11 is 5.41. The van der Waals surface area contributed by atoms with E-state index in [1.54, 1.807) is 6.07 Å². The lowest BCUT2D eigenvalue weighted by molar-refractivity contribution is -0.144. The fourth-order valence-corrected chi connectivity index (χ4v) is 2.46. The molecule has 0 heterocycles. The van der Waals surface area contributed by atoms with Gasteiger partial charge in [-0.3, -0.25) is 4.79 Å². The maximum Gasteiger partial charge on any atom is 0.328 e. The predicted molar refractivity (Wildman–Crippen MR) is 85.0 cm³/mol. The van der Waals surface area contributed by atoms with Crippen LogP contribution in [0.25, 0.3) is 0 Å². The van der Waals surface area contributed by atoms with Gasteiger partial charge in [0.05, 0.1) is 12.7 Å². The third-order valence-corrected chi connectivity index (χ3v) is 4.02. The second-order valence-electron chi connectivity index (χ2n) is 4.34. The molecule has 19 heavy (non-hydrogen) atoms. The van der Waals surface area contributed by atoms with Gasteiger partial charge in [0.15, 0.2) is 0 Å². The minimum Gasteiger partial charge on any atom is -0.467 e. The lowest BCUT2D eigenvalue weighted by Crippen LogP contribution is -2.45. The van der Waals surface area contributed by atoms with Gasteiger partial charge in [0, 0.05) is 8.04 Å². The zero-order chi connectivity index (χ0) is 14.6. The zero-order valence-electron chi connectivity index (χ0n) is 10.9. The molecular formula is C13H15BrINO3. The van der Waals surface area contributed by atoms with Crippen molar-refractivity contribution < 1.29 is 14.3 Å². The number of halogens is 2. The van der Waals surface area contributed by atoms with E-state index in [1.807, 2.05) is 26.0 Å². The molecule has 0 aromatic heterocycles. The Kier molecular flexibility index (Phi) is 6.25. The Morgan fingerprint density at radius 1 is 1.37 bits per heavy atom. The number of carbonyl (C=O) groups is 2. The zero-order valence-corrected chi connectivity index (χ0v) is 14.6. The molecular weight excluding hydrogens is 425 g/mol. The molecule has 1 amide bonds. The Balaban J connectivity index is 2.94. The maximum absolute atomic E-state index is 12.2. The van der Waals surface area contributed by atoms with Gasteiger partial charge in [-0.05, 0) is 46.7 Å². The molecule has 0 aliphatic heterocycles. The summed E-state index contributed by atoms with van der Waals surface area (Å²) < 4.78 is 6.34. The average molecular weight is 440 g/mol. The lowest BCUT2D eigenvalue weighted by atomic mass is 10.0. The molecule has 0 aliphatic carbocycles. The second-order valence-corrected chi connectivity index (χ2v) is 6.42. The molecule has 0 aliphatic rings. The first-order valence-corrected chi connectivity index (χ1v) is 7.57. The van der Waals surface area contributed by atoms with Crippen molar-refractivity contribution in [3.63, 3.8) is 0 Å². The number of rotatable bonds is 4. The van der Waals surface area contributed by atoms with E-state index in [0.29, 0.717) is 5.56 Å². The molecule has 1 rings (SSSR count). The standard InChI is InChI=1S/C13H15BrINO3/c1-7(2)11(13(18)19-3)16-12(17)9-6-8(14)4-5-10(9)15/h4-7,11H,1-3H3,(H,16,17)/t11-/m0/s1. The summed E-state index contributed by atoms with van der Waals surface area (Å²) in [7, 11) is 1.31. The molecule has 4 nitrogen and oxygen atoms in total. The van der Waals surface area contributed by atoms with Gasteiger partial charge >= 0.3 is 5.97 Å². The molecule has 1 aromatic carbocycles. The minimum atomic E-state index is -0.646. The molecule has 0 bridgehead atoms. The molecule has 1 aromatic rings. The number of carbonyl (C=O) groups excluding carboxylic acids is 2. The normalized spacial score (nSPS) is 12.1. The fourth-order valence-electron chi connectivity index (χ4n) is 1.52. The summed E-state index contributed by atoms with van der Waals surface area (Å²) in [6, 6.07) is 4.78. The van der Waals surface area contributed by atoms with Crippen LogP contribution >= 0.6 is 38.5 Å². The van der Waals surface area contributed by atoms with Crippen LogP contribution in [0.1, 0.15) is 24.2 Å². The van der Waals surface area contributed by atoms with E-state index in [-0.39, 0.29) is 11.8 Å². The summed E-state index contributed by atoms with van der Waals surface area (Å²) in [5.41, 5.74) is 0.532. The van der Waals surface area contributed by atoms with Gasteiger partial charge in [0.1, 0.15) is 6.04 Å². The van der Waals surface area contributed by atoms with Gasteiger partial charge < -0.3 is 10.1 Å². The number of esters is 1. The molecule has 6 heteroatoms. The monoisotopic (exact) mass is 439 g/mol. The first-order chi connectivity index (χ1) is 8.86. The number of amides is 1. The Morgan fingerprint density at radius 2 is 2.00 bits per heavy atom. The number of nitrogens with one attached hydrogen (secondary N) is 1. The predicted octanol–water partition coefficient (Wildman–Crippen LogP) is 2.98. The highest BCUT2D eigenvalue weighted by Gasteiger charge is 2.26. The summed E-state index contributed by atoms with van der Waals surface area (Å²) in [4.78, 5) is 23.8. The lowest BCUT2D eigenvalue weighted by Gasteiger charge is -2.20. The van der Waals surface area contributed by atoms with Gasteiger partial charge in [-0.25, -0.2) is 4.79 Å². The number of benzene rings is 1. The molecule has 1 N–H and O–H groups in total. The van der Waals surface area contributed by atoms with Crippen molar-refractivity contribution in [2.24, 2.45) is 5.92 Å². The molecule has 0 radical (unpaired) electrons. The highest BCUT2D eigenvalue weighted by atomic mass is 127. The van der Waals surface area contributed by atoms with Gasteiger partial charge in [0.25, 0.3) is 5.91 Å². The van der Waals surface area contributed by atoms with Gasteiger partial charge in [-0.2, -0.15) is 0 Å². The Labute approximate surface area is 134 Å². The summed E-state index contributed by atoms with van der Waals surface area (Å²) in [6.07, 6.45) is 0. The van der Waals surface area contributed by atoms with Crippen LogP contribution in [0.3, 0.4) is 0 Å². The van der Waals surface area contributed by atoms with Crippen LogP contribution in [0.5, 0.6) is 0 Å². The molecule has 1 atom stereocenters. The summed E-state index contributed by atoms with van der Waals surface area (Å²) in [6.45, 7) is 3.71. The van der Waals surface area contributed by atoms with E-state index in [4.69, 9.17) is 4.74 Å². The van der Waals surface area contributed by atoms with Crippen molar-refractivity contribution in [2.75, 3.05) is 7.11 Å². The van der Waals surface area contributed by atoms with Crippen molar-refractivity contribution in [1.29, 1.82) is 0 Å². The van der Waals surface area contributed by atoms with Crippen molar-refractivity contribution in [3.8, 4) is 0 Å². The van der Waals surface area contributed by atoms with Crippen molar-refractivity contribution in [2.45, 2.75) is 19.9 Å². The minimum absolute atomic E-state index is 0.0405. The highest BCUT2D eigenvalue weighted by Crippen LogP contribution is 2.19. The van der Waals surface area contributed by atoms with E-state index >= 15 is 0 Å². The average Bonchev–Trinajstić information content (AvgIpc) is 2.37. The smallest absolute Gasteiger partial charge is 0.328 e. The first-order valence-electron chi connectivity index (χ1n) is 5.70. The summed E-state index contributed by atoms with van der Waals surface area (Å²) in [5.74, 6) is -0.760. The number of hydrogen-bond donors (Lipinski definition) is 1. The van der Waals surface area contributed by atoms with Gasteiger partial charge in [-0.15, -0.1) is 0 Å². The van der Waals surface area contributed by atoms with E-state index in [1.165, 1.54) is 7.11 Å². The quantitative estimate of drug-likeness (QED) is 0.579. The van der Waals surface area contributed by atoms with Crippen LogP contribution in [-0.2, 0) is 9.53 Å². The van der Waals surface area contributed by atoms with Crippen LogP contribution in [0.4, 0.5) is 0 Å². The number of ether oxygens (including phenoxy) is 1. The summed E-state index contributed by atoms with van der Waals surface area (Å²) in [5, 5.41) is 2.71. The van der Waals surface area contributed by atoms with Crippen molar-refractivity contribution >= 4 is 50.4 Å². The Morgan fingerprint density at radius 3 is 2.53 bits per heavy atom. The third-order valence-electron chi connectivity index (χ3n) is 2.58. The fraction of sp³-hybridized carbons (Fsp3) is 0.385.